The van der Waals surface area contributed by atoms with Crippen LogP contribution in [0.5, 0.6) is 0 Å². The van der Waals surface area contributed by atoms with Crippen LogP contribution in [0, 0.1) is 5.92 Å². The molecule has 1 aliphatic carbocycles. The molecule has 0 saturated carbocycles. The molecule has 2 unspecified atom stereocenters. The number of esters is 1. The molecule has 30 heavy (non-hydrogen) atoms. The van der Waals surface area contributed by atoms with E-state index in [2.05, 4.69) is 22.3 Å². The van der Waals surface area contributed by atoms with Crippen molar-refractivity contribution in [3.05, 3.63) is 41.1 Å². The minimum Gasteiger partial charge on any atom is -0.468 e. The van der Waals surface area contributed by atoms with E-state index in [1.807, 2.05) is 43.3 Å². The van der Waals surface area contributed by atoms with E-state index in [1.54, 1.807) is 4.68 Å². The van der Waals surface area contributed by atoms with Crippen molar-refractivity contribution >= 4 is 35.2 Å². The molecule has 0 saturated heterocycles. The van der Waals surface area contributed by atoms with Crippen LogP contribution < -0.4 is 10.2 Å². The number of ether oxygens (including phenoxy) is 1. The molecule has 9 heteroatoms. The van der Waals surface area contributed by atoms with Crippen LogP contribution in [0.2, 0.25) is 0 Å². The molecule has 0 radical (unpaired) electrons. The van der Waals surface area contributed by atoms with Crippen LogP contribution in [0.4, 0.5) is 11.6 Å². The van der Waals surface area contributed by atoms with Gasteiger partial charge < -0.3 is 15.0 Å². The first-order chi connectivity index (χ1) is 14.4. The van der Waals surface area contributed by atoms with Crippen LogP contribution in [-0.2, 0) is 14.3 Å². The van der Waals surface area contributed by atoms with E-state index in [9.17, 15) is 9.59 Å². The van der Waals surface area contributed by atoms with Crippen LogP contribution in [0.15, 0.2) is 40.7 Å². The number of nitrogens with one attached hydrogen (secondary N) is 1. The molecule has 2 heterocycles. The average Bonchev–Trinajstić information content (AvgIpc) is 3.12. The highest BCUT2D eigenvalue weighted by atomic mass is 32.2. The fraction of sp³-hybridized carbons (Fsp3) is 0.429. The highest BCUT2D eigenvalue weighted by Crippen LogP contribution is 2.42. The summed E-state index contributed by atoms with van der Waals surface area (Å²) < 4.78 is 6.46. The Morgan fingerprint density at radius 3 is 2.70 bits per heavy atom. The summed E-state index contributed by atoms with van der Waals surface area (Å²) in [7, 11) is 5.34. The number of carbonyl (C=O) groups is 2. The number of carbonyl (C=O) groups excluding carboxylic acids is 2. The molecule has 8 nitrogen and oxygen atoms in total. The van der Waals surface area contributed by atoms with E-state index >= 15 is 0 Å². The topological polar surface area (TPSA) is 89.3 Å². The number of allylic oxidation sites excluding steroid dienone is 2. The van der Waals surface area contributed by atoms with Gasteiger partial charge in [0, 0.05) is 37.5 Å². The summed E-state index contributed by atoms with van der Waals surface area (Å²) in [5.74, 6) is 0.805. The zero-order valence-electron chi connectivity index (χ0n) is 17.5. The van der Waals surface area contributed by atoms with Gasteiger partial charge in [-0.15, -0.1) is 5.10 Å². The van der Waals surface area contributed by atoms with Crippen LogP contribution in [-0.4, -0.2) is 53.5 Å². The van der Waals surface area contributed by atoms with Gasteiger partial charge in [-0.3, -0.25) is 9.59 Å². The van der Waals surface area contributed by atoms with Gasteiger partial charge in [-0.25, -0.2) is 4.68 Å². The van der Waals surface area contributed by atoms with Crippen molar-refractivity contribution in [2.45, 2.75) is 31.0 Å². The Balaban J connectivity index is 1.75. The third-order valence-corrected chi connectivity index (χ3v) is 6.19. The van der Waals surface area contributed by atoms with Gasteiger partial charge in [0.25, 0.3) is 0 Å². The average molecular weight is 428 g/mol. The van der Waals surface area contributed by atoms with Crippen LogP contribution in [0.3, 0.4) is 0 Å². The number of anilines is 2. The normalized spacial score (nSPS) is 20.3. The summed E-state index contributed by atoms with van der Waals surface area (Å²) >= 11 is 1.22. The number of thioether (sulfide) groups is 1. The van der Waals surface area contributed by atoms with E-state index in [-0.39, 0.29) is 29.5 Å². The zero-order chi connectivity index (χ0) is 21.4. The second-order valence-electron chi connectivity index (χ2n) is 7.87. The van der Waals surface area contributed by atoms with E-state index in [0.29, 0.717) is 17.5 Å². The van der Waals surface area contributed by atoms with E-state index < -0.39 is 0 Å². The molecule has 2 aliphatic rings. The monoisotopic (exact) mass is 427 g/mol. The molecule has 0 amide bonds. The van der Waals surface area contributed by atoms with Crippen molar-refractivity contribution < 1.29 is 14.3 Å². The fourth-order valence-electron chi connectivity index (χ4n) is 3.89. The Morgan fingerprint density at radius 1 is 1.30 bits per heavy atom. The van der Waals surface area contributed by atoms with Gasteiger partial charge in [-0.2, -0.15) is 4.98 Å². The number of methoxy groups -OCH3 is 1. The van der Waals surface area contributed by atoms with Gasteiger partial charge in [0.1, 0.15) is 6.04 Å². The number of benzene rings is 1. The highest BCUT2D eigenvalue weighted by Gasteiger charge is 2.38. The number of ketones is 1. The predicted octanol–water partition coefficient (Wildman–Crippen LogP) is 2.88. The zero-order valence-corrected chi connectivity index (χ0v) is 18.3. The maximum Gasteiger partial charge on any atom is 0.316 e. The second-order valence-corrected chi connectivity index (χ2v) is 8.81. The Labute approximate surface area is 179 Å². The Kier molecular flexibility index (Phi) is 5.55. The van der Waals surface area contributed by atoms with Crippen molar-refractivity contribution in [2.24, 2.45) is 5.92 Å². The lowest BCUT2D eigenvalue weighted by molar-refractivity contribution is -0.137. The van der Waals surface area contributed by atoms with E-state index in [0.717, 1.165) is 28.9 Å². The number of aromatic nitrogens is 3. The van der Waals surface area contributed by atoms with Crippen molar-refractivity contribution in [3.63, 3.8) is 0 Å². The van der Waals surface area contributed by atoms with E-state index in [4.69, 9.17) is 4.74 Å². The summed E-state index contributed by atoms with van der Waals surface area (Å²) in [6.45, 7) is 2.08. The number of fused-ring (bicyclic) bond motifs is 1. The van der Waals surface area contributed by atoms with Gasteiger partial charge in [-0.05, 0) is 30.0 Å². The first kappa shape index (κ1) is 20.5. The van der Waals surface area contributed by atoms with Gasteiger partial charge >= 0.3 is 5.97 Å². The Bertz CT molecular complexity index is 1010. The first-order valence-corrected chi connectivity index (χ1v) is 10.8. The van der Waals surface area contributed by atoms with Crippen LogP contribution in [0.25, 0.3) is 0 Å². The van der Waals surface area contributed by atoms with Gasteiger partial charge in [0.15, 0.2) is 5.78 Å². The molecule has 1 aliphatic heterocycles. The summed E-state index contributed by atoms with van der Waals surface area (Å²) in [5, 5.41) is 8.41. The van der Waals surface area contributed by atoms with E-state index in [1.165, 1.54) is 18.9 Å². The Hall–Kier alpha value is -2.81. The largest absolute Gasteiger partial charge is 0.468 e. The highest BCUT2D eigenvalue weighted by molar-refractivity contribution is 7.99. The first-order valence-electron chi connectivity index (χ1n) is 9.84. The lowest BCUT2D eigenvalue weighted by Gasteiger charge is -2.34. The molecule has 1 aromatic carbocycles. The van der Waals surface area contributed by atoms with Crippen molar-refractivity contribution in [1.82, 2.24) is 14.8 Å². The number of hydrogen-bond donors (Lipinski definition) is 1. The lowest BCUT2D eigenvalue weighted by Crippen LogP contribution is -2.33. The third kappa shape index (κ3) is 3.81. The summed E-state index contributed by atoms with van der Waals surface area (Å²) in [5.41, 5.74) is 3.74. The molecule has 4 rings (SSSR count). The van der Waals surface area contributed by atoms with Crippen molar-refractivity contribution in [1.29, 1.82) is 0 Å². The molecular formula is C21H25N5O3S. The molecule has 1 aromatic heterocycles. The minimum atomic E-state index is -0.340. The van der Waals surface area contributed by atoms with Crippen LogP contribution >= 0.6 is 11.8 Å². The predicted molar refractivity (Wildman–Crippen MR) is 116 cm³/mol. The maximum atomic E-state index is 13.0. The minimum absolute atomic E-state index is 0.130. The molecule has 0 spiro atoms. The fourth-order valence-corrected chi connectivity index (χ4v) is 4.56. The maximum absolute atomic E-state index is 13.0. The molecule has 0 fully saturated rings. The Morgan fingerprint density at radius 2 is 2.03 bits per heavy atom. The number of nitrogens with zero attached hydrogens (tertiary/aromatic N) is 4. The summed E-state index contributed by atoms with van der Waals surface area (Å²) in [6, 6.07) is 7.81. The molecule has 2 atom stereocenters. The van der Waals surface area contributed by atoms with Gasteiger partial charge in [0.2, 0.25) is 11.1 Å². The van der Waals surface area contributed by atoms with Gasteiger partial charge in [-0.1, -0.05) is 30.8 Å². The molecule has 1 N–H and O–H groups in total. The summed E-state index contributed by atoms with van der Waals surface area (Å²) in [6.07, 6.45) is 1.33. The molecular weight excluding hydrogens is 402 g/mol. The quantitative estimate of drug-likeness (QED) is 0.576. The molecule has 0 bridgehead atoms. The molecule has 2 aromatic rings. The third-order valence-electron chi connectivity index (χ3n) is 5.38. The SMILES string of the molecule is COC(=O)CSc1nc2n(n1)C(c1ccc(N(C)C)cc1)C1=C(CC(C)CC1=O)N2. The van der Waals surface area contributed by atoms with Gasteiger partial charge in [0.05, 0.1) is 12.9 Å². The smallest absolute Gasteiger partial charge is 0.316 e. The van der Waals surface area contributed by atoms with Crippen molar-refractivity contribution in [2.75, 3.05) is 37.2 Å². The number of hydrogen-bond acceptors (Lipinski definition) is 8. The second kappa shape index (κ2) is 8.14. The van der Waals surface area contributed by atoms with Crippen LogP contribution in [0.1, 0.15) is 31.4 Å². The standard InChI is InChI=1S/C21H25N5O3S/c1-12-9-15-18(16(27)10-12)19(13-5-7-14(8-6-13)25(2)3)26-20(22-15)23-21(24-26)30-11-17(28)29-4/h5-8,12,19H,9-11H2,1-4H3,(H,22,23,24). The summed E-state index contributed by atoms with van der Waals surface area (Å²) in [4.78, 5) is 31.1. The lowest BCUT2D eigenvalue weighted by atomic mass is 9.81. The number of Topliss-reactive ketones (excluding diaryl/α,β-unsaturated/α-hetero) is 1. The number of rotatable bonds is 5. The molecule has 158 valence electrons. The van der Waals surface area contributed by atoms with Crippen molar-refractivity contribution in [3.8, 4) is 0 Å².